The third-order valence-corrected chi connectivity index (χ3v) is 3.84. The molecule has 23 heavy (non-hydrogen) atoms. The van der Waals surface area contributed by atoms with Crippen LogP contribution in [0.5, 0.6) is 5.75 Å². The summed E-state index contributed by atoms with van der Waals surface area (Å²) in [6.45, 7) is 3.71. The SMILES string of the molecule is CCCCOc1ccc(NCc2ccccc2)c(C=C(Br)Br)c1. The van der Waals surface area contributed by atoms with Crippen LogP contribution in [0.25, 0.3) is 6.08 Å². The Labute approximate surface area is 155 Å². The van der Waals surface area contributed by atoms with Crippen molar-refractivity contribution in [3.05, 3.63) is 63.0 Å². The van der Waals surface area contributed by atoms with Crippen molar-refractivity contribution in [3.63, 3.8) is 0 Å². The van der Waals surface area contributed by atoms with Crippen molar-refractivity contribution in [2.45, 2.75) is 26.3 Å². The van der Waals surface area contributed by atoms with E-state index in [0.29, 0.717) is 0 Å². The molecule has 122 valence electrons. The lowest BCUT2D eigenvalue weighted by molar-refractivity contribution is 0.309. The van der Waals surface area contributed by atoms with Gasteiger partial charge < -0.3 is 10.1 Å². The number of halogens is 2. The highest BCUT2D eigenvalue weighted by atomic mass is 79.9. The van der Waals surface area contributed by atoms with E-state index in [2.05, 4.69) is 80.5 Å². The average Bonchev–Trinajstić information content (AvgIpc) is 2.55. The summed E-state index contributed by atoms with van der Waals surface area (Å²) in [6, 6.07) is 16.5. The molecule has 0 heterocycles. The van der Waals surface area contributed by atoms with Crippen molar-refractivity contribution < 1.29 is 4.74 Å². The maximum Gasteiger partial charge on any atom is 0.120 e. The van der Waals surface area contributed by atoms with Crippen molar-refractivity contribution in [2.75, 3.05) is 11.9 Å². The monoisotopic (exact) mass is 437 g/mol. The van der Waals surface area contributed by atoms with Gasteiger partial charge in [0, 0.05) is 17.8 Å². The van der Waals surface area contributed by atoms with Gasteiger partial charge in [0.15, 0.2) is 0 Å². The molecular weight excluding hydrogens is 418 g/mol. The summed E-state index contributed by atoms with van der Waals surface area (Å²) < 4.78 is 6.70. The Hall–Kier alpha value is -1.26. The van der Waals surface area contributed by atoms with Gasteiger partial charge in [0.1, 0.15) is 5.75 Å². The summed E-state index contributed by atoms with van der Waals surface area (Å²) in [5, 5.41) is 3.49. The lowest BCUT2D eigenvalue weighted by Crippen LogP contribution is -2.02. The van der Waals surface area contributed by atoms with Crippen LogP contribution >= 0.6 is 31.9 Å². The lowest BCUT2D eigenvalue weighted by Gasteiger charge is -2.13. The van der Waals surface area contributed by atoms with Crippen molar-refractivity contribution in [1.29, 1.82) is 0 Å². The number of benzene rings is 2. The van der Waals surface area contributed by atoms with E-state index < -0.39 is 0 Å². The molecule has 0 saturated carbocycles. The largest absolute Gasteiger partial charge is 0.494 e. The number of nitrogens with one attached hydrogen (secondary N) is 1. The maximum atomic E-state index is 5.80. The molecule has 0 bridgehead atoms. The van der Waals surface area contributed by atoms with Crippen LogP contribution < -0.4 is 10.1 Å². The zero-order chi connectivity index (χ0) is 16.5. The lowest BCUT2D eigenvalue weighted by atomic mass is 10.1. The molecule has 0 radical (unpaired) electrons. The van der Waals surface area contributed by atoms with E-state index in [1.165, 1.54) is 5.56 Å². The zero-order valence-corrected chi connectivity index (χ0v) is 16.4. The van der Waals surface area contributed by atoms with Gasteiger partial charge in [0.2, 0.25) is 0 Å². The van der Waals surface area contributed by atoms with E-state index in [1.807, 2.05) is 18.2 Å². The third-order valence-electron chi connectivity index (χ3n) is 3.38. The smallest absolute Gasteiger partial charge is 0.120 e. The molecule has 0 aliphatic rings. The summed E-state index contributed by atoms with van der Waals surface area (Å²) in [4.78, 5) is 0. The average molecular weight is 439 g/mol. The van der Waals surface area contributed by atoms with Crippen LogP contribution in [0.2, 0.25) is 0 Å². The quantitative estimate of drug-likeness (QED) is 0.470. The van der Waals surface area contributed by atoms with Crippen LogP contribution in [-0.4, -0.2) is 6.61 Å². The Morgan fingerprint density at radius 2 is 1.91 bits per heavy atom. The molecule has 0 atom stereocenters. The molecule has 2 aromatic carbocycles. The fraction of sp³-hybridized carbons (Fsp3) is 0.263. The van der Waals surface area contributed by atoms with Gasteiger partial charge in [0.05, 0.1) is 10.00 Å². The fourth-order valence-electron chi connectivity index (χ4n) is 2.16. The summed E-state index contributed by atoms with van der Waals surface area (Å²) in [7, 11) is 0. The Morgan fingerprint density at radius 1 is 1.13 bits per heavy atom. The number of anilines is 1. The third kappa shape index (κ3) is 6.40. The molecule has 0 unspecified atom stereocenters. The second-order valence-electron chi connectivity index (χ2n) is 5.22. The first-order valence-electron chi connectivity index (χ1n) is 7.76. The van der Waals surface area contributed by atoms with Gasteiger partial charge in [-0.15, -0.1) is 0 Å². The molecule has 0 aliphatic carbocycles. The van der Waals surface area contributed by atoms with E-state index in [0.717, 1.165) is 46.4 Å². The molecule has 0 fully saturated rings. The number of hydrogen-bond donors (Lipinski definition) is 1. The Morgan fingerprint density at radius 3 is 2.61 bits per heavy atom. The van der Waals surface area contributed by atoms with Gasteiger partial charge >= 0.3 is 0 Å². The van der Waals surface area contributed by atoms with E-state index >= 15 is 0 Å². The molecule has 1 N–H and O–H groups in total. The van der Waals surface area contributed by atoms with Crippen molar-refractivity contribution in [1.82, 2.24) is 0 Å². The molecule has 2 rings (SSSR count). The predicted molar refractivity (Wildman–Crippen MR) is 106 cm³/mol. The normalized spacial score (nSPS) is 10.2. The minimum Gasteiger partial charge on any atom is -0.494 e. The van der Waals surface area contributed by atoms with Crippen LogP contribution in [0.1, 0.15) is 30.9 Å². The second kappa shape index (κ2) is 9.78. The van der Waals surface area contributed by atoms with Crippen molar-refractivity contribution in [3.8, 4) is 5.75 Å². The minimum atomic E-state index is 0.756. The van der Waals surface area contributed by atoms with Gasteiger partial charge in [0.25, 0.3) is 0 Å². The van der Waals surface area contributed by atoms with Crippen LogP contribution in [0.4, 0.5) is 5.69 Å². The fourth-order valence-corrected chi connectivity index (χ4v) is 2.65. The van der Waals surface area contributed by atoms with Crippen LogP contribution in [0.3, 0.4) is 0 Å². The summed E-state index contributed by atoms with van der Waals surface area (Å²) in [5.74, 6) is 0.899. The van der Waals surface area contributed by atoms with Gasteiger partial charge in [-0.3, -0.25) is 0 Å². The molecule has 0 aromatic heterocycles. The second-order valence-corrected chi connectivity index (χ2v) is 8.00. The highest BCUT2D eigenvalue weighted by molar-refractivity contribution is 9.28. The summed E-state index contributed by atoms with van der Waals surface area (Å²) in [5.41, 5.74) is 3.41. The zero-order valence-electron chi connectivity index (χ0n) is 13.2. The maximum absolute atomic E-state index is 5.80. The Bertz CT molecular complexity index is 637. The summed E-state index contributed by atoms with van der Waals surface area (Å²) in [6.07, 6.45) is 4.23. The first kappa shape index (κ1) is 18.1. The van der Waals surface area contributed by atoms with Crippen LogP contribution in [0.15, 0.2) is 51.9 Å². The topological polar surface area (TPSA) is 21.3 Å². The van der Waals surface area contributed by atoms with E-state index in [4.69, 9.17) is 4.74 Å². The number of unbranched alkanes of at least 4 members (excludes halogenated alkanes) is 1. The Kier molecular flexibility index (Phi) is 7.69. The molecule has 2 aromatic rings. The van der Waals surface area contributed by atoms with Gasteiger partial charge in [-0.2, -0.15) is 0 Å². The van der Waals surface area contributed by atoms with Crippen LogP contribution in [-0.2, 0) is 6.54 Å². The molecule has 0 aliphatic heterocycles. The predicted octanol–water partition coefficient (Wildman–Crippen LogP) is 6.57. The molecule has 0 amide bonds. The van der Waals surface area contributed by atoms with E-state index in [9.17, 15) is 0 Å². The van der Waals surface area contributed by atoms with Gasteiger partial charge in [-0.25, -0.2) is 0 Å². The molecule has 0 spiro atoms. The number of ether oxygens (including phenoxy) is 1. The van der Waals surface area contributed by atoms with E-state index in [1.54, 1.807) is 0 Å². The number of rotatable bonds is 8. The highest BCUT2D eigenvalue weighted by Gasteiger charge is 2.04. The Balaban J connectivity index is 2.12. The van der Waals surface area contributed by atoms with Crippen LogP contribution in [0, 0.1) is 0 Å². The standard InChI is InChI=1S/C19H21Br2NO/c1-2-3-11-23-17-9-10-18(16(12-17)13-19(20)21)22-14-15-7-5-4-6-8-15/h4-10,12-13,22H,2-3,11,14H2,1H3. The molecule has 4 heteroatoms. The number of hydrogen-bond acceptors (Lipinski definition) is 2. The molecule has 2 nitrogen and oxygen atoms in total. The van der Waals surface area contributed by atoms with Gasteiger partial charge in [-0.05, 0) is 68.1 Å². The van der Waals surface area contributed by atoms with Gasteiger partial charge in [-0.1, -0.05) is 43.7 Å². The summed E-state index contributed by atoms with van der Waals surface area (Å²) >= 11 is 6.88. The van der Waals surface area contributed by atoms with E-state index in [-0.39, 0.29) is 0 Å². The first-order valence-corrected chi connectivity index (χ1v) is 9.35. The molecular formula is C19H21Br2NO. The minimum absolute atomic E-state index is 0.756. The highest BCUT2D eigenvalue weighted by Crippen LogP contribution is 2.28. The molecule has 0 saturated heterocycles. The van der Waals surface area contributed by atoms with Crippen molar-refractivity contribution in [2.24, 2.45) is 0 Å². The van der Waals surface area contributed by atoms with Crippen molar-refractivity contribution >= 4 is 43.6 Å². The first-order chi connectivity index (χ1) is 11.2.